The number of nitrogens with zero attached hydrogens (tertiary/aromatic N) is 2. The third kappa shape index (κ3) is 6.44. The molecule has 3 aliphatic heterocycles. The second-order valence-electron chi connectivity index (χ2n) is 11.7. The fourth-order valence-corrected chi connectivity index (χ4v) is 7.32. The number of halogens is 2. The van der Waals surface area contributed by atoms with Crippen molar-refractivity contribution in [3.05, 3.63) is 80.8 Å². The molecule has 2 fully saturated rings. The largest absolute Gasteiger partial charge is 0.493 e. The molecule has 3 aromatic rings. The second-order valence-corrected chi connectivity index (χ2v) is 12.6. The molecule has 0 bridgehead atoms. The van der Waals surface area contributed by atoms with E-state index in [1.165, 1.54) is 0 Å². The average Bonchev–Trinajstić information content (AvgIpc) is 3.75. The van der Waals surface area contributed by atoms with Crippen molar-refractivity contribution in [2.75, 3.05) is 19.7 Å². The minimum atomic E-state index is -2.93. The van der Waals surface area contributed by atoms with E-state index in [1.807, 2.05) is 47.5 Å². The zero-order valence-electron chi connectivity index (χ0n) is 24.0. The highest BCUT2D eigenvalue weighted by Crippen LogP contribution is 2.37. The Balaban J connectivity index is 1.29. The predicted octanol–water partition coefficient (Wildman–Crippen LogP) is 4.45. The van der Waals surface area contributed by atoms with Gasteiger partial charge in [0.2, 0.25) is 0 Å². The van der Waals surface area contributed by atoms with Gasteiger partial charge in [-0.05, 0) is 56.7 Å². The summed E-state index contributed by atoms with van der Waals surface area (Å²) in [5.74, 6) is -3.10. The number of aryl methyl sites for hydroxylation is 1. The molecule has 6 rings (SSSR count). The van der Waals surface area contributed by atoms with Gasteiger partial charge in [0, 0.05) is 46.8 Å². The minimum Gasteiger partial charge on any atom is -0.493 e. The minimum absolute atomic E-state index is 0.119. The molecule has 228 valence electrons. The topological polar surface area (TPSA) is 104 Å². The summed E-state index contributed by atoms with van der Waals surface area (Å²) >= 11 is 1.55. The number of aromatic nitrogens is 1. The van der Waals surface area contributed by atoms with Gasteiger partial charge in [0.1, 0.15) is 10.8 Å². The number of ether oxygens (including phenoxy) is 1. The van der Waals surface area contributed by atoms with E-state index in [1.54, 1.807) is 23.5 Å². The van der Waals surface area contributed by atoms with Crippen molar-refractivity contribution >= 4 is 23.2 Å². The van der Waals surface area contributed by atoms with Crippen molar-refractivity contribution in [1.82, 2.24) is 20.5 Å². The smallest absolute Gasteiger partial charge is 0.261 e. The average molecular weight is 611 g/mol. The van der Waals surface area contributed by atoms with Gasteiger partial charge in [0.05, 0.1) is 31.3 Å². The van der Waals surface area contributed by atoms with E-state index in [-0.39, 0.29) is 23.9 Å². The van der Waals surface area contributed by atoms with Crippen LogP contribution >= 0.6 is 11.3 Å². The van der Waals surface area contributed by atoms with Crippen molar-refractivity contribution < 1.29 is 28.2 Å². The van der Waals surface area contributed by atoms with Crippen LogP contribution in [0.25, 0.3) is 0 Å². The molecule has 0 radical (unpaired) electrons. The van der Waals surface area contributed by atoms with E-state index in [0.717, 1.165) is 41.1 Å². The molecular weight excluding hydrogens is 574 g/mol. The van der Waals surface area contributed by atoms with Crippen LogP contribution in [0.2, 0.25) is 0 Å². The molecular formula is C32H36F2N4O4S. The SMILES string of the molecule is Cc1csc(C2CCCN2C(=O)c2cc(C(=O)NC(Cc3ccccc3)C(O)C3CC(F)(F)CN3)cc3c2CCCO3)n1. The molecule has 3 aliphatic rings. The number of likely N-dealkylation sites (tertiary alicyclic amines) is 1. The maximum Gasteiger partial charge on any atom is 0.261 e. The number of nitrogens with one attached hydrogen (secondary N) is 2. The molecule has 3 N–H and O–H groups in total. The summed E-state index contributed by atoms with van der Waals surface area (Å²) in [5.41, 5.74) is 3.21. The van der Waals surface area contributed by atoms with Crippen LogP contribution in [-0.4, -0.2) is 70.6 Å². The lowest BCUT2D eigenvalue weighted by molar-refractivity contribution is 0.0112. The Kier molecular flexibility index (Phi) is 8.48. The number of aliphatic hydroxyl groups is 1. The van der Waals surface area contributed by atoms with Crippen molar-refractivity contribution in [3.63, 3.8) is 0 Å². The third-order valence-corrected chi connectivity index (χ3v) is 9.61. The van der Waals surface area contributed by atoms with Crippen LogP contribution in [0.15, 0.2) is 47.8 Å². The number of benzene rings is 2. The Morgan fingerprint density at radius 1 is 1.26 bits per heavy atom. The number of hydrogen-bond donors (Lipinski definition) is 3. The molecule has 1 aromatic heterocycles. The monoisotopic (exact) mass is 610 g/mol. The van der Waals surface area contributed by atoms with Crippen molar-refractivity contribution in [1.29, 1.82) is 0 Å². The fraction of sp³-hybridized carbons (Fsp3) is 0.469. The number of carbonyl (C=O) groups is 2. The maximum absolute atomic E-state index is 14.1. The van der Waals surface area contributed by atoms with Gasteiger partial charge in [-0.25, -0.2) is 13.8 Å². The standard InChI is InChI=1S/C32H36F2N4O4S/c1-19-17-43-30(36-19)26-10-5-11-38(26)31(41)23-14-21(15-27-22(23)9-6-12-42-27)29(40)37-24(13-20-7-3-2-4-8-20)28(39)25-16-32(33,34)18-35-25/h2-4,7-8,14-15,17,24-26,28,35,39H,5-6,9-13,16,18H2,1H3,(H,37,40). The molecule has 2 amide bonds. The van der Waals surface area contributed by atoms with E-state index in [9.17, 15) is 23.5 Å². The molecule has 0 aliphatic carbocycles. The predicted molar refractivity (Wildman–Crippen MR) is 159 cm³/mol. The Labute approximate surface area is 253 Å². The fourth-order valence-electron chi connectivity index (χ4n) is 6.38. The van der Waals surface area contributed by atoms with Gasteiger partial charge in [0.25, 0.3) is 17.7 Å². The molecule has 4 atom stereocenters. The summed E-state index contributed by atoms with van der Waals surface area (Å²) in [4.78, 5) is 34.4. The van der Waals surface area contributed by atoms with Crippen LogP contribution in [-0.2, 0) is 12.8 Å². The lowest BCUT2D eigenvalue weighted by Crippen LogP contribution is -2.52. The zero-order chi connectivity index (χ0) is 30.1. The molecule has 4 heterocycles. The number of hydrogen-bond acceptors (Lipinski definition) is 7. The molecule has 8 nitrogen and oxygen atoms in total. The van der Waals surface area contributed by atoms with Crippen molar-refractivity contribution in [3.8, 4) is 5.75 Å². The van der Waals surface area contributed by atoms with E-state index in [4.69, 9.17) is 4.74 Å². The van der Waals surface area contributed by atoms with Gasteiger partial charge in [-0.1, -0.05) is 30.3 Å². The third-order valence-electron chi connectivity index (χ3n) is 8.55. The normalized spacial score (nSPS) is 22.5. The Hall–Kier alpha value is -3.41. The van der Waals surface area contributed by atoms with Gasteiger partial charge in [0.15, 0.2) is 0 Å². The number of alkyl halides is 2. The number of carbonyl (C=O) groups excluding carboxylic acids is 2. The number of fused-ring (bicyclic) bond motifs is 1. The highest BCUT2D eigenvalue weighted by Gasteiger charge is 2.44. The first-order valence-corrected chi connectivity index (χ1v) is 15.7. The number of amides is 2. The van der Waals surface area contributed by atoms with Crippen LogP contribution in [0.4, 0.5) is 8.78 Å². The second kappa shape index (κ2) is 12.3. The van der Waals surface area contributed by atoms with E-state index in [0.29, 0.717) is 30.9 Å². The van der Waals surface area contributed by atoms with E-state index < -0.39 is 43.0 Å². The first kappa shape index (κ1) is 29.7. The van der Waals surface area contributed by atoms with Crippen molar-refractivity contribution in [2.24, 2.45) is 0 Å². The first-order chi connectivity index (χ1) is 20.7. The summed E-state index contributed by atoms with van der Waals surface area (Å²) in [7, 11) is 0. The Morgan fingerprint density at radius 2 is 2.07 bits per heavy atom. The Morgan fingerprint density at radius 3 is 2.79 bits per heavy atom. The van der Waals surface area contributed by atoms with E-state index in [2.05, 4.69) is 15.6 Å². The zero-order valence-corrected chi connectivity index (χ0v) is 24.8. The van der Waals surface area contributed by atoms with Gasteiger partial charge in [-0.15, -0.1) is 11.3 Å². The summed E-state index contributed by atoms with van der Waals surface area (Å²) in [6, 6.07) is 10.7. The molecule has 43 heavy (non-hydrogen) atoms. The number of rotatable bonds is 8. The maximum atomic E-state index is 14.1. The van der Waals surface area contributed by atoms with Crippen LogP contribution in [0, 0.1) is 6.92 Å². The van der Waals surface area contributed by atoms with Gasteiger partial charge >= 0.3 is 0 Å². The van der Waals surface area contributed by atoms with Gasteiger partial charge in [-0.2, -0.15) is 0 Å². The first-order valence-electron chi connectivity index (χ1n) is 14.9. The van der Waals surface area contributed by atoms with Gasteiger partial charge < -0.3 is 25.4 Å². The van der Waals surface area contributed by atoms with Gasteiger partial charge in [-0.3, -0.25) is 9.59 Å². The van der Waals surface area contributed by atoms with Crippen LogP contribution in [0.5, 0.6) is 5.75 Å². The van der Waals surface area contributed by atoms with Crippen molar-refractivity contribution in [2.45, 2.75) is 75.6 Å². The molecule has 2 aromatic carbocycles. The molecule has 11 heteroatoms. The Bertz CT molecular complexity index is 1480. The molecule has 4 unspecified atom stereocenters. The van der Waals surface area contributed by atoms with E-state index >= 15 is 0 Å². The number of aliphatic hydroxyl groups excluding tert-OH is 1. The molecule has 0 spiro atoms. The quantitative estimate of drug-likeness (QED) is 0.348. The van der Waals surface area contributed by atoms with Crippen LogP contribution in [0.3, 0.4) is 0 Å². The number of thiazole rings is 1. The van der Waals surface area contributed by atoms with Crippen LogP contribution < -0.4 is 15.4 Å². The molecule has 2 saturated heterocycles. The molecule has 0 saturated carbocycles. The van der Waals surface area contributed by atoms with Crippen LogP contribution in [0.1, 0.15) is 74.3 Å². The lowest BCUT2D eigenvalue weighted by Gasteiger charge is -2.29. The summed E-state index contributed by atoms with van der Waals surface area (Å²) in [6.45, 7) is 2.49. The summed E-state index contributed by atoms with van der Waals surface area (Å²) < 4.78 is 33.9. The lowest BCUT2D eigenvalue weighted by atomic mass is 9.93. The highest BCUT2D eigenvalue weighted by molar-refractivity contribution is 7.09. The highest BCUT2D eigenvalue weighted by atomic mass is 32.1. The summed E-state index contributed by atoms with van der Waals surface area (Å²) in [6.07, 6.45) is 1.57. The summed E-state index contributed by atoms with van der Waals surface area (Å²) in [5, 5.41) is 19.7.